The summed E-state index contributed by atoms with van der Waals surface area (Å²) in [7, 11) is 1.73. The standard InChI is InChI=1S/C12H14N2O4/c1-7(11(15)16)14(2)6-8-3-4-9-10(5-8)18-12(17)13-9/h3-5,7H,6H2,1-2H3,(H,13,17)(H,15,16). The maximum absolute atomic E-state index is 11.0. The molecule has 1 unspecified atom stereocenters. The summed E-state index contributed by atoms with van der Waals surface area (Å²) in [6.45, 7) is 2.09. The van der Waals surface area contributed by atoms with Crippen LogP contribution in [0.15, 0.2) is 27.4 Å². The molecule has 0 bridgehead atoms. The molecule has 0 aliphatic carbocycles. The van der Waals surface area contributed by atoms with Gasteiger partial charge in [-0.3, -0.25) is 14.7 Å². The van der Waals surface area contributed by atoms with Gasteiger partial charge in [0.2, 0.25) is 0 Å². The summed E-state index contributed by atoms with van der Waals surface area (Å²) in [4.78, 5) is 26.1. The first-order chi connectivity index (χ1) is 8.47. The summed E-state index contributed by atoms with van der Waals surface area (Å²) >= 11 is 0. The summed E-state index contributed by atoms with van der Waals surface area (Å²) in [5.74, 6) is -1.36. The number of oxazole rings is 1. The van der Waals surface area contributed by atoms with E-state index in [1.165, 1.54) is 0 Å². The fourth-order valence-electron chi connectivity index (χ4n) is 1.70. The molecule has 0 saturated carbocycles. The van der Waals surface area contributed by atoms with E-state index in [9.17, 15) is 9.59 Å². The molecule has 1 aromatic heterocycles. The number of benzene rings is 1. The van der Waals surface area contributed by atoms with Gasteiger partial charge in [0.25, 0.3) is 0 Å². The molecule has 0 aliphatic rings. The number of aromatic amines is 1. The number of rotatable bonds is 4. The number of likely N-dealkylation sites (N-methyl/N-ethyl adjacent to an activating group) is 1. The molecule has 0 aliphatic heterocycles. The molecule has 0 radical (unpaired) electrons. The van der Waals surface area contributed by atoms with Gasteiger partial charge in [-0.1, -0.05) is 6.07 Å². The lowest BCUT2D eigenvalue weighted by Crippen LogP contribution is -2.35. The summed E-state index contributed by atoms with van der Waals surface area (Å²) < 4.78 is 4.95. The van der Waals surface area contributed by atoms with E-state index in [1.807, 2.05) is 6.07 Å². The maximum Gasteiger partial charge on any atom is 0.417 e. The fraction of sp³-hybridized carbons (Fsp3) is 0.333. The van der Waals surface area contributed by atoms with E-state index in [1.54, 1.807) is 31.0 Å². The normalized spacial score (nSPS) is 13.1. The lowest BCUT2D eigenvalue weighted by Gasteiger charge is -2.20. The second-order valence-electron chi connectivity index (χ2n) is 4.27. The lowest BCUT2D eigenvalue weighted by atomic mass is 10.2. The van der Waals surface area contributed by atoms with Gasteiger partial charge in [-0.15, -0.1) is 0 Å². The number of aromatic nitrogens is 1. The third-order valence-electron chi connectivity index (χ3n) is 2.94. The number of fused-ring (bicyclic) bond motifs is 1. The van der Waals surface area contributed by atoms with Gasteiger partial charge in [0.1, 0.15) is 6.04 Å². The van der Waals surface area contributed by atoms with E-state index in [0.29, 0.717) is 17.6 Å². The summed E-state index contributed by atoms with van der Waals surface area (Å²) in [6.07, 6.45) is 0. The molecule has 0 amide bonds. The van der Waals surface area contributed by atoms with Crippen LogP contribution in [0.25, 0.3) is 11.1 Å². The molecule has 1 atom stereocenters. The van der Waals surface area contributed by atoms with Crippen molar-refractivity contribution >= 4 is 17.1 Å². The zero-order chi connectivity index (χ0) is 13.3. The predicted molar refractivity (Wildman–Crippen MR) is 65.4 cm³/mol. The molecule has 1 heterocycles. The molecule has 0 saturated heterocycles. The quantitative estimate of drug-likeness (QED) is 0.846. The van der Waals surface area contributed by atoms with Crippen LogP contribution in [0, 0.1) is 0 Å². The van der Waals surface area contributed by atoms with Gasteiger partial charge in [-0.05, 0) is 31.7 Å². The minimum absolute atomic E-state index is 0.471. The van der Waals surface area contributed by atoms with E-state index in [-0.39, 0.29) is 0 Å². The van der Waals surface area contributed by atoms with Crippen molar-refractivity contribution in [1.82, 2.24) is 9.88 Å². The summed E-state index contributed by atoms with van der Waals surface area (Å²) in [5.41, 5.74) is 2.01. The number of carboxylic acids is 1. The van der Waals surface area contributed by atoms with Gasteiger partial charge >= 0.3 is 11.7 Å². The van der Waals surface area contributed by atoms with E-state index in [2.05, 4.69) is 4.98 Å². The minimum atomic E-state index is -0.869. The van der Waals surface area contributed by atoms with Crippen LogP contribution in [0.4, 0.5) is 0 Å². The highest BCUT2D eigenvalue weighted by Crippen LogP contribution is 2.14. The zero-order valence-electron chi connectivity index (χ0n) is 10.1. The van der Waals surface area contributed by atoms with Crippen molar-refractivity contribution in [3.8, 4) is 0 Å². The van der Waals surface area contributed by atoms with Crippen LogP contribution >= 0.6 is 0 Å². The van der Waals surface area contributed by atoms with Gasteiger partial charge in [0.05, 0.1) is 5.52 Å². The van der Waals surface area contributed by atoms with Gasteiger partial charge in [0.15, 0.2) is 5.58 Å². The topological polar surface area (TPSA) is 86.5 Å². The highest BCUT2D eigenvalue weighted by atomic mass is 16.4. The molecule has 0 fully saturated rings. The average molecular weight is 250 g/mol. The Morgan fingerprint density at radius 1 is 1.56 bits per heavy atom. The van der Waals surface area contributed by atoms with Crippen LogP contribution in [-0.4, -0.2) is 34.0 Å². The molecule has 6 heteroatoms. The highest BCUT2D eigenvalue weighted by Gasteiger charge is 2.16. The Morgan fingerprint density at radius 2 is 2.28 bits per heavy atom. The second-order valence-corrected chi connectivity index (χ2v) is 4.27. The van der Waals surface area contributed by atoms with E-state index in [0.717, 1.165) is 5.56 Å². The number of carboxylic acid groups (broad SMARTS) is 1. The second kappa shape index (κ2) is 4.66. The number of H-pyrrole nitrogens is 1. The molecule has 96 valence electrons. The number of hydrogen-bond donors (Lipinski definition) is 2. The number of aliphatic carboxylic acids is 1. The van der Waals surface area contributed by atoms with Crippen molar-refractivity contribution in [1.29, 1.82) is 0 Å². The Labute approximate surface area is 103 Å². The Bertz CT molecular complexity index is 628. The molecule has 2 N–H and O–H groups in total. The number of carbonyl (C=O) groups is 1. The zero-order valence-corrected chi connectivity index (χ0v) is 10.1. The molecule has 2 aromatic rings. The van der Waals surface area contributed by atoms with Crippen molar-refractivity contribution in [2.45, 2.75) is 19.5 Å². The number of hydrogen-bond acceptors (Lipinski definition) is 4. The van der Waals surface area contributed by atoms with Crippen molar-refractivity contribution < 1.29 is 14.3 Å². The van der Waals surface area contributed by atoms with Crippen molar-refractivity contribution in [2.75, 3.05) is 7.05 Å². The first kappa shape index (κ1) is 12.4. The van der Waals surface area contributed by atoms with Gasteiger partial charge in [-0.2, -0.15) is 0 Å². The molecular formula is C12H14N2O4. The van der Waals surface area contributed by atoms with Crippen LogP contribution < -0.4 is 5.76 Å². The molecule has 18 heavy (non-hydrogen) atoms. The van der Waals surface area contributed by atoms with Gasteiger partial charge in [0, 0.05) is 6.54 Å². The Morgan fingerprint density at radius 3 is 2.94 bits per heavy atom. The first-order valence-electron chi connectivity index (χ1n) is 5.52. The van der Waals surface area contributed by atoms with E-state index >= 15 is 0 Å². The molecule has 6 nitrogen and oxygen atoms in total. The maximum atomic E-state index is 11.0. The largest absolute Gasteiger partial charge is 0.480 e. The SMILES string of the molecule is CC(C(=O)O)N(C)Cc1ccc2[nH]c(=O)oc2c1. The van der Waals surface area contributed by atoms with Crippen LogP contribution in [0.5, 0.6) is 0 Å². The molecular weight excluding hydrogens is 236 g/mol. The predicted octanol–water partition coefficient (Wildman–Crippen LogP) is 1.03. The Kier molecular flexibility index (Phi) is 3.20. The van der Waals surface area contributed by atoms with Crippen molar-refractivity contribution in [3.05, 3.63) is 34.3 Å². The Hall–Kier alpha value is -2.08. The summed E-state index contributed by atoms with van der Waals surface area (Å²) in [6, 6.07) is 4.74. The van der Waals surface area contributed by atoms with E-state index in [4.69, 9.17) is 9.52 Å². The lowest BCUT2D eigenvalue weighted by molar-refractivity contribution is -0.142. The third kappa shape index (κ3) is 2.43. The van der Waals surface area contributed by atoms with Gasteiger partial charge in [-0.25, -0.2) is 4.79 Å². The third-order valence-corrected chi connectivity index (χ3v) is 2.94. The molecule has 1 aromatic carbocycles. The number of nitrogens with zero attached hydrogens (tertiary/aromatic N) is 1. The smallest absolute Gasteiger partial charge is 0.417 e. The number of nitrogens with one attached hydrogen (secondary N) is 1. The molecule has 0 spiro atoms. The average Bonchev–Trinajstić information content (AvgIpc) is 2.67. The van der Waals surface area contributed by atoms with Crippen LogP contribution in [0.2, 0.25) is 0 Å². The monoisotopic (exact) mass is 250 g/mol. The van der Waals surface area contributed by atoms with Crippen LogP contribution in [0.3, 0.4) is 0 Å². The molecule has 2 rings (SSSR count). The van der Waals surface area contributed by atoms with Crippen molar-refractivity contribution in [2.24, 2.45) is 0 Å². The van der Waals surface area contributed by atoms with Crippen LogP contribution in [-0.2, 0) is 11.3 Å². The minimum Gasteiger partial charge on any atom is -0.480 e. The Balaban J connectivity index is 2.21. The van der Waals surface area contributed by atoms with Crippen LogP contribution in [0.1, 0.15) is 12.5 Å². The summed E-state index contributed by atoms with van der Waals surface area (Å²) in [5, 5.41) is 8.90. The van der Waals surface area contributed by atoms with Gasteiger partial charge < -0.3 is 9.52 Å². The van der Waals surface area contributed by atoms with E-state index < -0.39 is 17.8 Å². The highest BCUT2D eigenvalue weighted by molar-refractivity contribution is 5.73. The fourth-order valence-corrected chi connectivity index (χ4v) is 1.70. The first-order valence-corrected chi connectivity index (χ1v) is 5.52. The van der Waals surface area contributed by atoms with Crippen molar-refractivity contribution in [3.63, 3.8) is 0 Å².